The number of halogens is 1. The minimum absolute atomic E-state index is 0.125. The molecule has 0 unspecified atom stereocenters. The summed E-state index contributed by atoms with van der Waals surface area (Å²) in [5, 5.41) is 2.45. The van der Waals surface area contributed by atoms with E-state index in [-0.39, 0.29) is 16.3 Å². The van der Waals surface area contributed by atoms with Crippen LogP contribution in [0.4, 0.5) is 15.9 Å². The number of carbonyl (C=O) groups excluding carboxylic acids is 1. The maximum atomic E-state index is 13.6. The van der Waals surface area contributed by atoms with Crippen LogP contribution in [0.3, 0.4) is 0 Å². The summed E-state index contributed by atoms with van der Waals surface area (Å²) >= 11 is 0. The SMILES string of the molecule is CS(=O)(=O)c1ccc(NC(=O)c2ccnc(N)c2F)cc1. The molecule has 0 bridgehead atoms. The molecule has 0 aliphatic heterocycles. The monoisotopic (exact) mass is 309 g/mol. The molecular formula is C13H12FN3O3S. The Hall–Kier alpha value is -2.48. The first-order chi connectivity index (χ1) is 9.79. The first-order valence-corrected chi connectivity index (χ1v) is 7.69. The topological polar surface area (TPSA) is 102 Å². The highest BCUT2D eigenvalue weighted by Crippen LogP contribution is 2.17. The van der Waals surface area contributed by atoms with Crippen LogP contribution in [-0.4, -0.2) is 25.6 Å². The number of sulfone groups is 1. The highest BCUT2D eigenvalue weighted by molar-refractivity contribution is 7.90. The molecule has 1 aromatic carbocycles. The Kier molecular flexibility index (Phi) is 3.90. The number of rotatable bonds is 3. The number of hydrogen-bond donors (Lipinski definition) is 2. The summed E-state index contributed by atoms with van der Waals surface area (Å²) < 4.78 is 36.3. The normalized spacial score (nSPS) is 11.1. The minimum atomic E-state index is -3.31. The molecule has 0 saturated carbocycles. The summed E-state index contributed by atoms with van der Waals surface area (Å²) in [6.45, 7) is 0. The molecule has 1 heterocycles. The van der Waals surface area contributed by atoms with Crippen molar-refractivity contribution in [2.45, 2.75) is 4.90 Å². The lowest BCUT2D eigenvalue weighted by Gasteiger charge is -2.07. The van der Waals surface area contributed by atoms with Crippen molar-refractivity contribution >= 4 is 27.2 Å². The van der Waals surface area contributed by atoms with Crippen molar-refractivity contribution in [2.75, 3.05) is 17.3 Å². The van der Waals surface area contributed by atoms with Crippen LogP contribution in [-0.2, 0) is 9.84 Å². The van der Waals surface area contributed by atoms with Crippen molar-refractivity contribution in [3.05, 3.63) is 47.9 Å². The summed E-state index contributed by atoms with van der Waals surface area (Å²) in [5.74, 6) is -1.97. The Balaban J connectivity index is 2.22. The van der Waals surface area contributed by atoms with Crippen molar-refractivity contribution < 1.29 is 17.6 Å². The zero-order valence-corrected chi connectivity index (χ0v) is 11.8. The van der Waals surface area contributed by atoms with Gasteiger partial charge in [0.25, 0.3) is 5.91 Å². The highest BCUT2D eigenvalue weighted by Gasteiger charge is 2.15. The second-order valence-corrected chi connectivity index (χ2v) is 6.32. The minimum Gasteiger partial charge on any atom is -0.381 e. The first kappa shape index (κ1) is 14.9. The fourth-order valence-corrected chi connectivity index (χ4v) is 2.25. The molecule has 8 heteroatoms. The molecule has 0 atom stereocenters. The van der Waals surface area contributed by atoms with Gasteiger partial charge < -0.3 is 11.1 Å². The lowest BCUT2D eigenvalue weighted by atomic mass is 10.2. The van der Waals surface area contributed by atoms with Crippen LogP contribution in [0, 0.1) is 5.82 Å². The van der Waals surface area contributed by atoms with E-state index in [1.807, 2.05) is 0 Å². The van der Waals surface area contributed by atoms with Gasteiger partial charge in [0.1, 0.15) is 0 Å². The van der Waals surface area contributed by atoms with Gasteiger partial charge in [0.2, 0.25) is 0 Å². The maximum absolute atomic E-state index is 13.6. The van der Waals surface area contributed by atoms with E-state index in [2.05, 4.69) is 10.3 Å². The van der Waals surface area contributed by atoms with Crippen LogP contribution in [0.25, 0.3) is 0 Å². The van der Waals surface area contributed by atoms with Gasteiger partial charge in [0.15, 0.2) is 21.5 Å². The Morgan fingerprint density at radius 1 is 1.24 bits per heavy atom. The number of amides is 1. The molecule has 0 radical (unpaired) electrons. The molecule has 2 rings (SSSR count). The Morgan fingerprint density at radius 3 is 2.43 bits per heavy atom. The molecule has 0 spiro atoms. The molecule has 0 saturated heterocycles. The number of hydrogen-bond acceptors (Lipinski definition) is 5. The van der Waals surface area contributed by atoms with Crippen molar-refractivity contribution in [3.8, 4) is 0 Å². The molecular weight excluding hydrogens is 297 g/mol. The summed E-state index contributed by atoms with van der Waals surface area (Å²) in [7, 11) is -3.31. The van der Waals surface area contributed by atoms with Crippen molar-refractivity contribution in [2.24, 2.45) is 0 Å². The van der Waals surface area contributed by atoms with E-state index in [1.54, 1.807) is 0 Å². The van der Waals surface area contributed by atoms with Crippen LogP contribution in [0.1, 0.15) is 10.4 Å². The van der Waals surface area contributed by atoms with E-state index >= 15 is 0 Å². The molecule has 21 heavy (non-hydrogen) atoms. The van der Waals surface area contributed by atoms with Gasteiger partial charge in [-0.05, 0) is 30.3 Å². The second-order valence-electron chi connectivity index (χ2n) is 4.31. The number of carbonyl (C=O) groups is 1. The highest BCUT2D eigenvalue weighted by atomic mass is 32.2. The molecule has 0 fully saturated rings. The zero-order chi connectivity index (χ0) is 15.6. The first-order valence-electron chi connectivity index (χ1n) is 5.80. The maximum Gasteiger partial charge on any atom is 0.258 e. The summed E-state index contributed by atoms with van der Waals surface area (Å²) in [5.41, 5.74) is 5.38. The van der Waals surface area contributed by atoms with E-state index in [0.717, 1.165) is 6.26 Å². The van der Waals surface area contributed by atoms with Gasteiger partial charge in [0, 0.05) is 18.1 Å². The van der Waals surface area contributed by atoms with Gasteiger partial charge in [-0.2, -0.15) is 0 Å². The van der Waals surface area contributed by atoms with E-state index in [9.17, 15) is 17.6 Å². The van der Waals surface area contributed by atoms with Crippen LogP contribution in [0.5, 0.6) is 0 Å². The molecule has 2 aromatic rings. The zero-order valence-electron chi connectivity index (χ0n) is 11.0. The van der Waals surface area contributed by atoms with Gasteiger partial charge in [-0.3, -0.25) is 4.79 Å². The number of nitrogens with one attached hydrogen (secondary N) is 1. The van der Waals surface area contributed by atoms with Crippen LogP contribution < -0.4 is 11.1 Å². The third kappa shape index (κ3) is 3.34. The van der Waals surface area contributed by atoms with Gasteiger partial charge >= 0.3 is 0 Å². The number of aromatic nitrogens is 1. The number of anilines is 2. The largest absolute Gasteiger partial charge is 0.381 e. The fraction of sp³-hybridized carbons (Fsp3) is 0.0769. The summed E-state index contributed by atoms with van der Waals surface area (Å²) in [6.07, 6.45) is 2.30. The molecule has 0 aliphatic rings. The van der Waals surface area contributed by atoms with E-state index in [1.165, 1.54) is 36.5 Å². The fourth-order valence-electron chi connectivity index (χ4n) is 1.62. The van der Waals surface area contributed by atoms with Crippen molar-refractivity contribution in [3.63, 3.8) is 0 Å². The second kappa shape index (κ2) is 5.49. The van der Waals surface area contributed by atoms with Gasteiger partial charge in [-0.25, -0.2) is 17.8 Å². The number of pyridine rings is 1. The summed E-state index contributed by atoms with van der Waals surface area (Å²) in [4.78, 5) is 15.6. The molecule has 1 amide bonds. The van der Waals surface area contributed by atoms with Crippen LogP contribution in [0.2, 0.25) is 0 Å². The van der Waals surface area contributed by atoms with E-state index in [4.69, 9.17) is 5.73 Å². The number of benzene rings is 1. The average molecular weight is 309 g/mol. The molecule has 0 aliphatic carbocycles. The number of nitrogens with two attached hydrogens (primary N) is 1. The number of nitrogen functional groups attached to an aromatic ring is 1. The molecule has 110 valence electrons. The van der Waals surface area contributed by atoms with Gasteiger partial charge in [0.05, 0.1) is 10.5 Å². The Bertz CT molecular complexity index is 789. The van der Waals surface area contributed by atoms with Crippen molar-refractivity contribution in [1.29, 1.82) is 0 Å². The standard InChI is InChI=1S/C13H12FN3O3S/c1-21(19,20)9-4-2-8(3-5-9)17-13(18)10-6-7-16-12(15)11(10)14/h2-7H,1H3,(H2,15,16)(H,17,18). The Labute approximate surface area is 120 Å². The molecule has 3 N–H and O–H groups in total. The van der Waals surface area contributed by atoms with Gasteiger partial charge in [-0.1, -0.05) is 0 Å². The van der Waals surface area contributed by atoms with Crippen LogP contribution in [0.15, 0.2) is 41.4 Å². The van der Waals surface area contributed by atoms with Crippen molar-refractivity contribution in [1.82, 2.24) is 4.98 Å². The summed E-state index contributed by atoms with van der Waals surface area (Å²) in [6, 6.07) is 6.73. The third-order valence-corrected chi connectivity index (χ3v) is 3.83. The predicted octanol–water partition coefficient (Wildman–Crippen LogP) is 1.46. The van der Waals surface area contributed by atoms with Crippen LogP contribution >= 0.6 is 0 Å². The van der Waals surface area contributed by atoms with E-state index < -0.39 is 21.6 Å². The third-order valence-electron chi connectivity index (χ3n) is 2.70. The average Bonchev–Trinajstić information content (AvgIpc) is 2.41. The molecule has 6 nitrogen and oxygen atoms in total. The Morgan fingerprint density at radius 2 is 1.86 bits per heavy atom. The number of nitrogens with zero attached hydrogens (tertiary/aromatic N) is 1. The molecule has 1 aromatic heterocycles. The van der Waals surface area contributed by atoms with E-state index in [0.29, 0.717) is 5.69 Å². The van der Waals surface area contributed by atoms with Gasteiger partial charge in [-0.15, -0.1) is 0 Å². The lowest BCUT2D eigenvalue weighted by Crippen LogP contribution is -2.15. The lowest BCUT2D eigenvalue weighted by molar-refractivity contribution is 0.102. The predicted molar refractivity (Wildman–Crippen MR) is 76.1 cm³/mol. The smallest absolute Gasteiger partial charge is 0.258 e. The quantitative estimate of drug-likeness (QED) is 0.893.